The summed E-state index contributed by atoms with van der Waals surface area (Å²) in [6, 6.07) is 12.1. The number of carbonyl (C=O) groups is 2. The van der Waals surface area contributed by atoms with Crippen LogP contribution in [0.3, 0.4) is 0 Å². The maximum absolute atomic E-state index is 12.0. The predicted molar refractivity (Wildman–Crippen MR) is 98.0 cm³/mol. The van der Waals surface area contributed by atoms with E-state index in [4.69, 9.17) is 10.5 Å². The van der Waals surface area contributed by atoms with E-state index in [0.29, 0.717) is 29.9 Å². The zero-order valence-corrected chi connectivity index (χ0v) is 14.9. The third-order valence-corrected chi connectivity index (χ3v) is 4.01. The van der Waals surface area contributed by atoms with Gasteiger partial charge in [-0.2, -0.15) is 20.7 Å². The quantitative estimate of drug-likeness (QED) is 0.630. The highest BCUT2D eigenvalue weighted by Crippen LogP contribution is 2.20. The molecular formula is C19H15N7O2. The topological polar surface area (TPSA) is 140 Å². The summed E-state index contributed by atoms with van der Waals surface area (Å²) >= 11 is 0. The second kappa shape index (κ2) is 7.98. The van der Waals surface area contributed by atoms with E-state index in [0.717, 1.165) is 5.56 Å². The Morgan fingerprint density at radius 2 is 1.96 bits per heavy atom. The largest absolute Gasteiger partial charge is 0.349 e. The predicted octanol–water partition coefficient (Wildman–Crippen LogP) is 1.65. The Bertz CT molecular complexity index is 1130. The highest BCUT2D eigenvalue weighted by atomic mass is 16.2. The molecule has 0 spiro atoms. The molecule has 0 saturated carbocycles. The molecule has 2 aromatic heterocycles. The Balaban J connectivity index is 1.61. The average molecular weight is 373 g/mol. The van der Waals surface area contributed by atoms with Crippen LogP contribution in [-0.2, 0) is 6.54 Å². The number of rotatable bonds is 6. The van der Waals surface area contributed by atoms with Crippen LogP contribution in [0.25, 0.3) is 11.3 Å². The minimum atomic E-state index is -0.363. The third kappa shape index (κ3) is 3.94. The third-order valence-electron chi connectivity index (χ3n) is 4.01. The zero-order chi connectivity index (χ0) is 20.1. The first-order valence-corrected chi connectivity index (χ1v) is 8.34. The lowest BCUT2D eigenvalue weighted by Crippen LogP contribution is -2.27. The Kier molecular flexibility index (Phi) is 5.28. The Morgan fingerprint density at radius 3 is 2.64 bits per heavy atom. The first kappa shape index (κ1) is 18.5. The van der Waals surface area contributed by atoms with Gasteiger partial charge in [0, 0.05) is 25.2 Å². The molecule has 28 heavy (non-hydrogen) atoms. The van der Waals surface area contributed by atoms with E-state index in [1.807, 2.05) is 12.1 Å². The first-order chi connectivity index (χ1) is 13.5. The van der Waals surface area contributed by atoms with Crippen LogP contribution in [0.4, 0.5) is 0 Å². The number of hydrogen-bond donors (Lipinski definition) is 2. The number of H-pyrrole nitrogens is 1. The number of amides is 1. The van der Waals surface area contributed by atoms with E-state index in [2.05, 4.69) is 20.6 Å². The lowest BCUT2D eigenvalue weighted by atomic mass is 10.0. The molecule has 3 aromatic rings. The summed E-state index contributed by atoms with van der Waals surface area (Å²) < 4.78 is 1.66. The van der Waals surface area contributed by atoms with Crippen LogP contribution in [0.2, 0.25) is 0 Å². The molecule has 9 nitrogen and oxygen atoms in total. The molecule has 1 aromatic carbocycles. The molecule has 0 atom stereocenters. The molecule has 2 N–H and O–H groups in total. The minimum Gasteiger partial charge on any atom is -0.349 e. The molecular weight excluding hydrogens is 358 g/mol. The average Bonchev–Trinajstić information content (AvgIpc) is 3.37. The van der Waals surface area contributed by atoms with Crippen LogP contribution in [-0.4, -0.2) is 38.2 Å². The molecule has 0 fully saturated rings. The van der Waals surface area contributed by atoms with Gasteiger partial charge in [-0.25, -0.2) is 0 Å². The monoisotopic (exact) mass is 373 g/mol. The van der Waals surface area contributed by atoms with Gasteiger partial charge in [0.15, 0.2) is 5.78 Å². The number of nitrogens with one attached hydrogen (secondary N) is 2. The summed E-state index contributed by atoms with van der Waals surface area (Å²) in [6.07, 6.45) is 1.76. The number of Topliss-reactive ketones (excluding diaryl/α,β-unsaturated/α-hetero) is 1. The number of aromatic nitrogens is 4. The second-order valence-corrected chi connectivity index (χ2v) is 5.93. The van der Waals surface area contributed by atoms with E-state index >= 15 is 0 Å². The summed E-state index contributed by atoms with van der Waals surface area (Å²) in [5, 5.41) is 31.6. The standard InChI is InChI=1S/C19H15N7O2/c1-12(27)17-9-18(24-23-17)19(28)22-5-7-26-6-4-16(25-26)13-2-3-14(10-20)15(8-13)11-21/h2-4,6,8-9H,5,7H2,1H3,(H,22,28)(H,23,24). The molecule has 0 bridgehead atoms. The summed E-state index contributed by atoms with van der Waals surface area (Å²) in [6.45, 7) is 2.13. The van der Waals surface area contributed by atoms with Gasteiger partial charge in [-0.05, 0) is 24.3 Å². The van der Waals surface area contributed by atoms with Crippen LogP contribution >= 0.6 is 0 Å². The normalized spacial score (nSPS) is 10.1. The van der Waals surface area contributed by atoms with E-state index in [1.54, 1.807) is 35.1 Å². The highest BCUT2D eigenvalue weighted by Gasteiger charge is 2.12. The molecule has 2 heterocycles. The van der Waals surface area contributed by atoms with Crippen molar-refractivity contribution in [2.24, 2.45) is 0 Å². The fourth-order valence-corrected chi connectivity index (χ4v) is 2.53. The van der Waals surface area contributed by atoms with Crippen molar-refractivity contribution in [3.8, 4) is 23.4 Å². The molecule has 0 unspecified atom stereocenters. The van der Waals surface area contributed by atoms with Crippen molar-refractivity contribution in [2.75, 3.05) is 6.54 Å². The first-order valence-electron chi connectivity index (χ1n) is 8.34. The van der Waals surface area contributed by atoms with Gasteiger partial charge in [-0.15, -0.1) is 0 Å². The van der Waals surface area contributed by atoms with Crippen LogP contribution < -0.4 is 5.32 Å². The van der Waals surface area contributed by atoms with Crippen molar-refractivity contribution < 1.29 is 9.59 Å². The molecule has 0 saturated heterocycles. The van der Waals surface area contributed by atoms with Gasteiger partial charge >= 0.3 is 0 Å². The van der Waals surface area contributed by atoms with Crippen molar-refractivity contribution in [2.45, 2.75) is 13.5 Å². The number of carbonyl (C=O) groups excluding carboxylic acids is 2. The zero-order valence-electron chi connectivity index (χ0n) is 14.9. The van der Waals surface area contributed by atoms with Crippen molar-refractivity contribution >= 4 is 11.7 Å². The number of nitrogens with zero attached hydrogens (tertiary/aromatic N) is 5. The SMILES string of the molecule is CC(=O)c1cc(C(=O)NCCn2ccc(-c3ccc(C#N)c(C#N)c3)n2)[nH]n1. The second-order valence-electron chi connectivity index (χ2n) is 5.93. The van der Waals surface area contributed by atoms with Crippen molar-refractivity contribution in [1.82, 2.24) is 25.3 Å². The lowest BCUT2D eigenvalue weighted by Gasteiger charge is -2.04. The molecule has 0 aliphatic heterocycles. The fourth-order valence-electron chi connectivity index (χ4n) is 2.53. The summed E-state index contributed by atoms with van der Waals surface area (Å²) in [4.78, 5) is 23.3. The fraction of sp³-hybridized carbons (Fsp3) is 0.158. The number of benzene rings is 1. The molecule has 0 aliphatic carbocycles. The van der Waals surface area contributed by atoms with Gasteiger partial charge in [0.25, 0.3) is 5.91 Å². The Hall–Kier alpha value is -4.24. The van der Waals surface area contributed by atoms with Crippen molar-refractivity contribution in [1.29, 1.82) is 10.5 Å². The minimum absolute atomic E-state index is 0.209. The number of aromatic amines is 1. The molecule has 1 amide bonds. The van der Waals surface area contributed by atoms with E-state index < -0.39 is 0 Å². The van der Waals surface area contributed by atoms with Gasteiger partial charge in [0.05, 0.1) is 23.4 Å². The van der Waals surface area contributed by atoms with Crippen molar-refractivity contribution in [3.05, 3.63) is 59.0 Å². The van der Waals surface area contributed by atoms with Gasteiger partial charge in [0.1, 0.15) is 23.5 Å². The summed E-state index contributed by atoms with van der Waals surface area (Å²) in [5.41, 5.74) is 2.43. The van der Waals surface area contributed by atoms with Crippen LogP contribution in [0.5, 0.6) is 0 Å². The van der Waals surface area contributed by atoms with Crippen molar-refractivity contribution in [3.63, 3.8) is 0 Å². The number of hydrogen-bond acceptors (Lipinski definition) is 6. The van der Waals surface area contributed by atoms with Crippen LogP contribution in [0, 0.1) is 22.7 Å². The molecule has 3 rings (SSSR count). The van der Waals surface area contributed by atoms with Crippen LogP contribution in [0.15, 0.2) is 36.5 Å². The maximum Gasteiger partial charge on any atom is 0.269 e. The Labute approximate surface area is 160 Å². The van der Waals surface area contributed by atoms with Crippen LogP contribution in [0.1, 0.15) is 39.0 Å². The van der Waals surface area contributed by atoms with E-state index in [9.17, 15) is 9.59 Å². The maximum atomic E-state index is 12.0. The Morgan fingerprint density at radius 1 is 1.18 bits per heavy atom. The lowest BCUT2D eigenvalue weighted by molar-refractivity contribution is 0.0946. The summed E-state index contributed by atoms with van der Waals surface area (Å²) in [7, 11) is 0. The molecule has 9 heteroatoms. The molecule has 0 aliphatic rings. The number of nitriles is 2. The molecule has 0 radical (unpaired) electrons. The number of ketones is 1. The summed E-state index contributed by atoms with van der Waals surface area (Å²) in [5.74, 6) is -0.583. The smallest absolute Gasteiger partial charge is 0.269 e. The molecule has 138 valence electrons. The van der Waals surface area contributed by atoms with Gasteiger partial charge in [-0.1, -0.05) is 6.07 Å². The van der Waals surface area contributed by atoms with E-state index in [-0.39, 0.29) is 23.1 Å². The van der Waals surface area contributed by atoms with E-state index in [1.165, 1.54) is 13.0 Å². The highest BCUT2D eigenvalue weighted by molar-refractivity contribution is 5.97. The van der Waals surface area contributed by atoms with Gasteiger partial charge < -0.3 is 5.32 Å². The van der Waals surface area contributed by atoms with Gasteiger partial charge in [0.2, 0.25) is 0 Å². The van der Waals surface area contributed by atoms with Gasteiger partial charge in [-0.3, -0.25) is 19.4 Å².